The number of ether oxygens (including phenoxy) is 3. The van der Waals surface area contributed by atoms with Gasteiger partial charge in [-0.25, -0.2) is 0 Å². The number of carbonyl (C=O) groups is 1. The lowest BCUT2D eigenvalue weighted by molar-refractivity contribution is -0.115. The van der Waals surface area contributed by atoms with E-state index in [-0.39, 0.29) is 12.5 Å². The molecule has 1 amide bonds. The van der Waals surface area contributed by atoms with Gasteiger partial charge in [-0.15, -0.1) is 0 Å². The van der Waals surface area contributed by atoms with E-state index in [0.717, 1.165) is 18.5 Å². The molecule has 0 radical (unpaired) electrons. The molecule has 27 heavy (non-hydrogen) atoms. The Labute approximate surface area is 160 Å². The van der Waals surface area contributed by atoms with E-state index < -0.39 is 0 Å². The molecule has 1 aliphatic heterocycles. The first-order valence-electron chi connectivity index (χ1n) is 9.01. The van der Waals surface area contributed by atoms with Crippen molar-refractivity contribution in [2.24, 2.45) is 0 Å². The van der Waals surface area contributed by atoms with Gasteiger partial charge in [0.2, 0.25) is 11.7 Å². The Morgan fingerprint density at radius 3 is 2.41 bits per heavy atom. The van der Waals surface area contributed by atoms with E-state index in [1.54, 1.807) is 33.5 Å². The Balaban J connectivity index is 1.78. The number of anilines is 2. The number of rotatable bonds is 6. The second-order valence-corrected chi connectivity index (χ2v) is 6.61. The number of carbonyl (C=O) groups excluding carboxylic acids is 1. The predicted molar refractivity (Wildman–Crippen MR) is 106 cm³/mol. The van der Waals surface area contributed by atoms with Gasteiger partial charge in [-0.3, -0.25) is 4.79 Å². The Morgan fingerprint density at radius 2 is 1.78 bits per heavy atom. The molecule has 1 aliphatic rings. The molecule has 0 spiro atoms. The lowest BCUT2D eigenvalue weighted by Gasteiger charge is -2.36. The van der Waals surface area contributed by atoms with Crippen LogP contribution in [-0.4, -0.2) is 39.8 Å². The van der Waals surface area contributed by atoms with Crippen molar-refractivity contribution in [2.45, 2.75) is 25.8 Å². The van der Waals surface area contributed by atoms with Crippen LogP contribution in [0.2, 0.25) is 0 Å². The van der Waals surface area contributed by atoms with Gasteiger partial charge in [-0.1, -0.05) is 18.2 Å². The summed E-state index contributed by atoms with van der Waals surface area (Å²) in [4.78, 5) is 14.9. The molecule has 144 valence electrons. The second-order valence-electron chi connectivity index (χ2n) is 6.61. The molecule has 0 unspecified atom stereocenters. The van der Waals surface area contributed by atoms with E-state index in [1.165, 1.54) is 5.56 Å². The summed E-state index contributed by atoms with van der Waals surface area (Å²) in [6.07, 6.45) is 2.08. The first-order valence-corrected chi connectivity index (χ1v) is 9.01. The maximum atomic E-state index is 12.7. The number of hydrogen-bond donors (Lipinski definition) is 1. The fraction of sp³-hybridized carbons (Fsp3) is 0.381. The van der Waals surface area contributed by atoms with Gasteiger partial charge < -0.3 is 24.4 Å². The Bertz CT molecular complexity index is 797. The van der Waals surface area contributed by atoms with Crippen molar-refractivity contribution in [3.8, 4) is 17.2 Å². The van der Waals surface area contributed by atoms with Crippen LogP contribution in [0.4, 0.5) is 11.4 Å². The molecule has 1 heterocycles. The van der Waals surface area contributed by atoms with Crippen LogP contribution in [0.15, 0.2) is 36.4 Å². The van der Waals surface area contributed by atoms with Gasteiger partial charge in [-0.2, -0.15) is 0 Å². The van der Waals surface area contributed by atoms with Gasteiger partial charge in [0.25, 0.3) is 0 Å². The minimum Gasteiger partial charge on any atom is -0.493 e. The number of aryl methyl sites for hydroxylation is 1. The monoisotopic (exact) mass is 370 g/mol. The fourth-order valence-corrected chi connectivity index (χ4v) is 3.51. The maximum Gasteiger partial charge on any atom is 0.243 e. The highest BCUT2D eigenvalue weighted by Gasteiger charge is 2.24. The van der Waals surface area contributed by atoms with Crippen LogP contribution in [0.5, 0.6) is 17.2 Å². The molecule has 3 rings (SSSR count). The molecule has 0 aliphatic carbocycles. The van der Waals surface area contributed by atoms with Gasteiger partial charge in [-0.05, 0) is 31.4 Å². The highest BCUT2D eigenvalue weighted by Crippen LogP contribution is 2.40. The molecule has 1 atom stereocenters. The zero-order chi connectivity index (χ0) is 19.4. The van der Waals surface area contributed by atoms with Crippen molar-refractivity contribution in [3.63, 3.8) is 0 Å². The molecule has 0 saturated heterocycles. The van der Waals surface area contributed by atoms with Crippen LogP contribution in [0.1, 0.15) is 18.9 Å². The van der Waals surface area contributed by atoms with Crippen molar-refractivity contribution >= 4 is 17.3 Å². The van der Waals surface area contributed by atoms with Crippen molar-refractivity contribution in [1.29, 1.82) is 0 Å². The Morgan fingerprint density at radius 1 is 1.11 bits per heavy atom. The van der Waals surface area contributed by atoms with E-state index >= 15 is 0 Å². The minimum absolute atomic E-state index is 0.0900. The molecule has 0 fully saturated rings. The van der Waals surface area contributed by atoms with Crippen LogP contribution in [-0.2, 0) is 11.2 Å². The molecular formula is C21H26N2O4. The number of methoxy groups -OCH3 is 3. The van der Waals surface area contributed by atoms with Crippen LogP contribution in [0.25, 0.3) is 0 Å². The standard InChI is InChI=1S/C21H26N2O4/c1-14-9-10-15-7-5-6-8-17(15)23(14)13-20(24)22-16-11-18(25-2)21(27-4)19(12-16)26-3/h5-8,11-12,14H,9-10,13H2,1-4H3,(H,22,24)/t14-/m0/s1. The summed E-state index contributed by atoms with van der Waals surface area (Å²) in [6, 6.07) is 12.0. The van der Waals surface area contributed by atoms with Crippen molar-refractivity contribution in [3.05, 3.63) is 42.0 Å². The molecule has 6 heteroatoms. The quantitative estimate of drug-likeness (QED) is 0.843. The van der Waals surface area contributed by atoms with Gasteiger partial charge in [0.05, 0.1) is 27.9 Å². The maximum absolute atomic E-state index is 12.7. The molecular weight excluding hydrogens is 344 g/mol. The lowest BCUT2D eigenvalue weighted by atomic mass is 9.96. The number of fused-ring (bicyclic) bond motifs is 1. The number of benzene rings is 2. The highest BCUT2D eigenvalue weighted by molar-refractivity contribution is 5.95. The van der Waals surface area contributed by atoms with Crippen LogP contribution >= 0.6 is 0 Å². The fourth-order valence-electron chi connectivity index (χ4n) is 3.51. The molecule has 2 aromatic carbocycles. The zero-order valence-corrected chi connectivity index (χ0v) is 16.2. The minimum atomic E-state index is -0.0900. The third-order valence-electron chi connectivity index (χ3n) is 4.93. The molecule has 1 N–H and O–H groups in total. The average Bonchev–Trinajstić information content (AvgIpc) is 2.69. The smallest absolute Gasteiger partial charge is 0.243 e. The van der Waals surface area contributed by atoms with Crippen LogP contribution in [0, 0.1) is 0 Å². The van der Waals surface area contributed by atoms with Gasteiger partial charge in [0.1, 0.15) is 0 Å². The van der Waals surface area contributed by atoms with Gasteiger partial charge >= 0.3 is 0 Å². The number of nitrogens with zero attached hydrogens (tertiary/aromatic N) is 1. The van der Waals surface area contributed by atoms with Crippen molar-refractivity contribution < 1.29 is 19.0 Å². The van der Waals surface area contributed by atoms with Gasteiger partial charge in [0.15, 0.2) is 11.5 Å². The predicted octanol–water partition coefficient (Wildman–Crippen LogP) is 3.49. The van der Waals surface area contributed by atoms with Gasteiger partial charge in [0, 0.05) is 29.5 Å². The summed E-state index contributed by atoms with van der Waals surface area (Å²) < 4.78 is 16.0. The number of amides is 1. The van der Waals surface area contributed by atoms with E-state index in [9.17, 15) is 4.79 Å². The third kappa shape index (κ3) is 3.94. The van der Waals surface area contributed by atoms with E-state index in [1.807, 2.05) is 12.1 Å². The van der Waals surface area contributed by atoms with Crippen molar-refractivity contribution in [2.75, 3.05) is 38.1 Å². The van der Waals surface area contributed by atoms with Crippen LogP contribution < -0.4 is 24.4 Å². The molecule has 2 aromatic rings. The normalized spacial score (nSPS) is 15.7. The third-order valence-corrected chi connectivity index (χ3v) is 4.93. The summed E-state index contributed by atoms with van der Waals surface area (Å²) in [5.41, 5.74) is 3.03. The summed E-state index contributed by atoms with van der Waals surface area (Å²) in [5.74, 6) is 1.41. The number of nitrogens with one attached hydrogen (secondary N) is 1. The molecule has 0 bridgehead atoms. The zero-order valence-electron chi connectivity index (χ0n) is 16.2. The average molecular weight is 370 g/mol. The SMILES string of the molecule is COc1cc(NC(=O)CN2c3ccccc3CC[C@@H]2C)cc(OC)c1OC. The summed E-state index contributed by atoms with van der Waals surface area (Å²) in [7, 11) is 4.65. The van der Waals surface area contributed by atoms with Crippen molar-refractivity contribution in [1.82, 2.24) is 0 Å². The molecule has 0 aromatic heterocycles. The topological polar surface area (TPSA) is 60.0 Å². The Kier molecular flexibility index (Phi) is 5.74. The Hall–Kier alpha value is -2.89. The molecule has 0 saturated carbocycles. The first-order chi connectivity index (χ1) is 13.1. The van der Waals surface area contributed by atoms with E-state index in [0.29, 0.717) is 29.0 Å². The second kappa shape index (κ2) is 8.20. The van der Waals surface area contributed by atoms with E-state index in [2.05, 4.69) is 29.3 Å². The molecule has 6 nitrogen and oxygen atoms in total. The number of para-hydroxylation sites is 1. The lowest BCUT2D eigenvalue weighted by Crippen LogP contribution is -2.42. The summed E-state index contributed by atoms with van der Waals surface area (Å²) >= 11 is 0. The summed E-state index contributed by atoms with van der Waals surface area (Å²) in [6.45, 7) is 2.44. The number of hydrogen-bond acceptors (Lipinski definition) is 5. The van der Waals surface area contributed by atoms with E-state index in [4.69, 9.17) is 14.2 Å². The largest absolute Gasteiger partial charge is 0.493 e. The first kappa shape index (κ1) is 18.9. The summed E-state index contributed by atoms with van der Waals surface area (Å²) in [5, 5.41) is 2.95. The highest BCUT2D eigenvalue weighted by atomic mass is 16.5. The van der Waals surface area contributed by atoms with Crippen LogP contribution in [0.3, 0.4) is 0 Å².